The molecule has 2 aromatic rings. The third kappa shape index (κ3) is 3.26. The van der Waals surface area contributed by atoms with E-state index in [1.54, 1.807) is 4.52 Å². The Morgan fingerprint density at radius 3 is 2.78 bits per heavy atom. The first kappa shape index (κ1) is 18.8. The first-order valence-corrected chi connectivity index (χ1v) is 9.48. The summed E-state index contributed by atoms with van der Waals surface area (Å²) in [4.78, 5) is 6.61. The van der Waals surface area contributed by atoms with Gasteiger partial charge < -0.3 is 10.0 Å². The maximum atomic E-state index is 12.6. The number of aromatic nitrogens is 3. The summed E-state index contributed by atoms with van der Waals surface area (Å²) in [6.45, 7) is 3.13. The number of anilines is 1. The van der Waals surface area contributed by atoms with Crippen LogP contribution in [0.3, 0.4) is 0 Å². The molecule has 1 saturated carbocycles. The fourth-order valence-corrected chi connectivity index (χ4v) is 4.74. The number of fused-ring (bicyclic) bond motifs is 1. The van der Waals surface area contributed by atoms with Crippen LogP contribution in [0.1, 0.15) is 18.4 Å². The minimum Gasteiger partial charge on any atom is -0.382 e. The summed E-state index contributed by atoms with van der Waals surface area (Å²) >= 11 is 0.772. The van der Waals surface area contributed by atoms with Crippen LogP contribution < -0.4 is 10.0 Å². The monoisotopic (exact) mass is 402 g/mol. The topological polar surface area (TPSA) is 82.9 Å². The molecule has 1 atom stereocenters. The van der Waals surface area contributed by atoms with Gasteiger partial charge in [0.05, 0.1) is 0 Å². The quantitative estimate of drug-likeness (QED) is 0.738. The van der Waals surface area contributed by atoms with E-state index in [2.05, 4.69) is 15.0 Å². The molecule has 148 valence electrons. The Bertz CT molecular complexity index is 829. The Labute approximate surface area is 158 Å². The molecule has 11 heteroatoms. The fraction of sp³-hybridized carbons (Fsp3) is 0.625. The lowest BCUT2D eigenvalue weighted by Crippen LogP contribution is -2.66. The normalized spacial score (nSPS) is 20.9. The molecule has 1 aliphatic carbocycles. The Morgan fingerprint density at radius 1 is 1.44 bits per heavy atom. The number of alkyl halides is 3. The molecule has 0 aromatic carbocycles. The van der Waals surface area contributed by atoms with E-state index in [0.29, 0.717) is 0 Å². The van der Waals surface area contributed by atoms with Gasteiger partial charge in [-0.2, -0.15) is 18.3 Å². The Kier molecular flexibility index (Phi) is 4.53. The number of aryl methyl sites for hydroxylation is 1. The van der Waals surface area contributed by atoms with Crippen molar-refractivity contribution >= 4 is 23.5 Å². The number of hydrogen-bond donors (Lipinski definition) is 2. The summed E-state index contributed by atoms with van der Waals surface area (Å²) in [6, 6.07) is 1.93. The minimum atomic E-state index is -4.63. The van der Waals surface area contributed by atoms with Crippen LogP contribution in [-0.4, -0.2) is 62.0 Å². The highest BCUT2D eigenvalue weighted by Gasteiger charge is 2.55. The van der Waals surface area contributed by atoms with Crippen LogP contribution in [0, 0.1) is 12.3 Å². The van der Waals surface area contributed by atoms with Gasteiger partial charge in [0, 0.05) is 49.4 Å². The average Bonchev–Trinajstić information content (AvgIpc) is 2.92. The zero-order chi connectivity index (χ0) is 19.4. The number of hydrogen-bond acceptors (Lipinski definition) is 7. The molecule has 1 unspecified atom stereocenters. The molecule has 4 rings (SSSR count). The van der Waals surface area contributed by atoms with E-state index in [4.69, 9.17) is 5.14 Å². The van der Waals surface area contributed by atoms with Crippen molar-refractivity contribution in [1.82, 2.24) is 18.9 Å². The van der Waals surface area contributed by atoms with Gasteiger partial charge in [0.2, 0.25) is 0 Å². The molecule has 0 amide bonds. The summed E-state index contributed by atoms with van der Waals surface area (Å²) in [5.74, 6) is 0.888. The van der Waals surface area contributed by atoms with Gasteiger partial charge in [-0.15, -0.1) is 0 Å². The molecule has 0 radical (unpaired) electrons. The molecule has 1 aliphatic heterocycles. The van der Waals surface area contributed by atoms with E-state index in [-0.39, 0.29) is 11.5 Å². The highest BCUT2D eigenvalue weighted by molar-refractivity contribution is 7.94. The highest BCUT2D eigenvalue weighted by atomic mass is 32.2. The van der Waals surface area contributed by atoms with Crippen LogP contribution in [0.2, 0.25) is 0 Å². The maximum Gasteiger partial charge on any atom is 0.415 e. The van der Waals surface area contributed by atoms with Crippen LogP contribution >= 0.6 is 12.1 Å². The van der Waals surface area contributed by atoms with Gasteiger partial charge in [0.1, 0.15) is 11.8 Å². The number of rotatable bonds is 5. The van der Waals surface area contributed by atoms with Crippen LogP contribution in [0.5, 0.6) is 0 Å². The highest BCUT2D eigenvalue weighted by Crippen LogP contribution is 2.52. The molecule has 3 N–H and O–H groups in total. The van der Waals surface area contributed by atoms with Crippen molar-refractivity contribution in [3.63, 3.8) is 0 Å². The molecular formula is C16H21F3N6OS. The molecule has 2 fully saturated rings. The summed E-state index contributed by atoms with van der Waals surface area (Å²) in [7, 11) is 0. The third-order valence-electron chi connectivity index (χ3n) is 5.60. The largest absolute Gasteiger partial charge is 0.415 e. The van der Waals surface area contributed by atoms with E-state index >= 15 is 0 Å². The van der Waals surface area contributed by atoms with Crippen molar-refractivity contribution in [2.45, 2.75) is 38.1 Å². The van der Waals surface area contributed by atoms with E-state index in [1.807, 2.05) is 19.2 Å². The second-order valence-corrected chi connectivity index (χ2v) is 8.24. The second-order valence-electron chi connectivity index (χ2n) is 7.56. The molecule has 2 aromatic heterocycles. The van der Waals surface area contributed by atoms with E-state index in [0.717, 1.165) is 55.0 Å². The third-order valence-corrected chi connectivity index (χ3v) is 6.32. The van der Waals surface area contributed by atoms with E-state index in [9.17, 15) is 18.3 Å². The van der Waals surface area contributed by atoms with Gasteiger partial charge >= 0.3 is 6.18 Å². The second kappa shape index (κ2) is 6.50. The van der Waals surface area contributed by atoms with Crippen molar-refractivity contribution in [3.8, 4) is 0 Å². The van der Waals surface area contributed by atoms with Gasteiger partial charge in [-0.3, -0.25) is 5.14 Å². The lowest BCUT2D eigenvalue weighted by Gasteiger charge is -2.61. The van der Waals surface area contributed by atoms with Gasteiger partial charge in [-0.25, -0.2) is 13.8 Å². The van der Waals surface area contributed by atoms with Crippen molar-refractivity contribution in [2.24, 2.45) is 10.6 Å². The van der Waals surface area contributed by atoms with Gasteiger partial charge in [0.15, 0.2) is 11.9 Å². The van der Waals surface area contributed by atoms with E-state index < -0.39 is 18.8 Å². The van der Waals surface area contributed by atoms with Crippen molar-refractivity contribution in [3.05, 3.63) is 24.2 Å². The number of aliphatic hydroxyl groups excluding tert-OH is 1. The van der Waals surface area contributed by atoms with E-state index in [1.165, 1.54) is 10.6 Å². The van der Waals surface area contributed by atoms with Crippen LogP contribution in [-0.2, 0) is 0 Å². The average molecular weight is 402 g/mol. The lowest BCUT2D eigenvalue weighted by atomic mass is 9.60. The zero-order valence-corrected chi connectivity index (χ0v) is 15.5. The molecule has 0 bridgehead atoms. The summed E-state index contributed by atoms with van der Waals surface area (Å²) in [5, 5.41) is 19.0. The standard InChI is InChI=1S/C16H21F3N6OS/c1-10-2-3-24-13(10)14(21-9-22-24)23-7-15(8-23)4-11(5-15)25(27-20)6-12(26)16(17,18)19/h2-3,9,11-12,26H,4-8,20H2,1H3. The Morgan fingerprint density at radius 2 is 2.15 bits per heavy atom. The van der Waals surface area contributed by atoms with Gasteiger partial charge in [-0.1, -0.05) is 0 Å². The summed E-state index contributed by atoms with van der Waals surface area (Å²) < 4.78 is 41.0. The lowest BCUT2D eigenvalue weighted by molar-refractivity contribution is -0.207. The predicted octanol–water partition coefficient (Wildman–Crippen LogP) is 1.75. The van der Waals surface area contributed by atoms with Crippen LogP contribution in [0.25, 0.3) is 5.52 Å². The molecule has 1 spiro atoms. The predicted molar refractivity (Wildman–Crippen MR) is 95.9 cm³/mol. The Balaban J connectivity index is 1.37. The molecule has 3 heterocycles. The van der Waals surface area contributed by atoms with Crippen LogP contribution in [0.15, 0.2) is 18.6 Å². The maximum absolute atomic E-state index is 12.6. The van der Waals surface area contributed by atoms with Gasteiger partial charge in [0.25, 0.3) is 0 Å². The smallest absolute Gasteiger partial charge is 0.382 e. The van der Waals surface area contributed by atoms with Crippen molar-refractivity contribution in [1.29, 1.82) is 0 Å². The van der Waals surface area contributed by atoms with Crippen molar-refractivity contribution in [2.75, 3.05) is 24.5 Å². The minimum absolute atomic E-state index is 0.0559. The van der Waals surface area contributed by atoms with Crippen molar-refractivity contribution < 1.29 is 18.3 Å². The SMILES string of the molecule is Cc1ccn2ncnc(N3CC4(CC(N(CC(O)C(F)(F)F)SN)C4)C3)c12. The first-order chi connectivity index (χ1) is 12.7. The summed E-state index contributed by atoms with van der Waals surface area (Å²) in [6.07, 6.45) is -2.06. The van der Waals surface area contributed by atoms with Gasteiger partial charge in [-0.05, 0) is 31.4 Å². The molecule has 7 nitrogen and oxygen atoms in total. The first-order valence-electron chi connectivity index (χ1n) is 8.65. The van der Waals surface area contributed by atoms with Crippen LogP contribution in [0.4, 0.5) is 19.0 Å². The fourth-order valence-electron chi connectivity index (χ4n) is 4.19. The molecule has 27 heavy (non-hydrogen) atoms. The number of nitrogens with zero attached hydrogens (tertiary/aromatic N) is 5. The molecular weight excluding hydrogens is 381 g/mol. The number of nitrogens with two attached hydrogens (primary N) is 1. The summed E-state index contributed by atoms with van der Waals surface area (Å²) in [5.41, 5.74) is 2.17. The molecule has 2 aliphatic rings. The molecule has 1 saturated heterocycles. The Hall–Kier alpha value is -1.56. The number of aliphatic hydroxyl groups is 1. The number of halogens is 3. The zero-order valence-electron chi connectivity index (χ0n) is 14.7.